The van der Waals surface area contributed by atoms with Gasteiger partial charge in [0.25, 0.3) is 0 Å². The molecule has 0 saturated carbocycles. The van der Waals surface area contributed by atoms with E-state index in [9.17, 15) is 4.79 Å². The summed E-state index contributed by atoms with van der Waals surface area (Å²) in [5, 5.41) is 3.88. The average Bonchev–Trinajstić information content (AvgIpc) is 3.01. The van der Waals surface area contributed by atoms with Crippen LogP contribution in [0.15, 0.2) is 77.0 Å². The second-order valence-corrected chi connectivity index (χ2v) is 6.52. The van der Waals surface area contributed by atoms with Gasteiger partial charge in [-0.25, -0.2) is 4.98 Å². The molecule has 0 aliphatic carbocycles. The zero-order valence-corrected chi connectivity index (χ0v) is 14.3. The summed E-state index contributed by atoms with van der Waals surface area (Å²) in [6.45, 7) is 0. The van der Waals surface area contributed by atoms with Crippen LogP contribution < -0.4 is 5.32 Å². The van der Waals surface area contributed by atoms with E-state index in [1.165, 1.54) is 5.56 Å². The van der Waals surface area contributed by atoms with Gasteiger partial charge in [0.1, 0.15) is 0 Å². The summed E-state index contributed by atoms with van der Waals surface area (Å²) < 4.78 is 1.98. The van der Waals surface area contributed by atoms with E-state index >= 15 is 0 Å². The van der Waals surface area contributed by atoms with Crippen molar-refractivity contribution in [1.82, 2.24) is 9.55 Å². The highest BCUT2D eigenvalue weighted by Crippen LogP contribution is 2.26. The van der Waals surface area contributed by atoms with Crippen LogP contribution in [0.25, 0.3) is 0 Å². The Hall–Kier alpha value is -2.53. The van der Waals surface area contributed by atoms with E-state index in [4.69, 9.17) is 0 Å². The van der Waals surface area contributed by atoms with E-state index < -0.39 is 0 Å². The van der Waals surface area contributed by atoms with Gasteiger partial charge in [0.05, 0.1) is 0 Å². The molecular weight excluding hydrogens is 318 g/mol. The zero-order valence-electron chi connectivity index (χ0n) is 13.5. The standard InChI is InChI=1S/C19H19N3OS/c1-22-14-13-20-19(22)24-17-10-8-16(9-11-17)21-18(23)12-7-15-5-3-2-4-6-15/h2-6,8-11,13-14H,7,12H2,1H3,(H,21,23). The normalized spacial score (nSPS) is 10.5. The molecule has 0 aliphatic heterocycles. The number of imidazole rings is 1. The number of hydrogen-bond acceptors (Lipinski definition) is 3. The van der Waals surface area contributed by atoms with E-state index in [0.717, 1.165) is 22.2 Å². The van der Waals surface area contributed by atoms with Crippen LogP contribution in [0, 0.1) is 0 Å². The molecule has 24 heavy (non-hydrogen) atoms. The van der Waals surface area contributed by atoms with Crippen molar-refractivity contribution in [3.63, 3.8) is 0 Å². The molecule has 0 saturated heterocycles. The average molecular weight is 337 g/mol. The molecule has 122 valence electrons. The minimum absolute atomic E-state index is 0.0309. The van der Waals surface area contributed by atoms with Gasteiger partial charge >= 0.3 is 0 Å². The van der Waals surface area contributed by atoms with Crippen LogP contribution in [0.1, 0.15) is 12.0 Å². The molecular formula is C19H19N3OS. The Bertz CT molecular complexity index is 797. The molecule has 0 aliphatic rings. The maximum absolute atomic E-state index is 12.0. The topological polar surface area (TPSA) is 46.9 Å². The minimum Gasteiger partial charge on any atom is -0.329 e. The fraction of sp³-hybridized carbons (Fsp3) is 0.158. The van der Waals surface area contributed by atoms with E-state index in [-0.39, 0.29) is 5.91 Å². The van der Waals surface area contributed by atoms with E-state index in [1.807, 2.05) is 72.4 Å². The van der Waals surface area contributed by atoms with E-state index in [2.05, 4.69) is 10.3 Å². The van der Waals surface area contributed by atoms with Crippen molar-refractivity contribution in [2.45, 2.75) is 22.9 Å². The Labute approximate surface area is 145 Å². The maximum atomic E-state index is 12.0. The van der Waals surface area contributed by atoms with Crippen molar-refractivity contribution >= 4 is 23.4 Å². The van der Waals surface area contributed by atoms with Gasteiger partial charge in [-0.05, 0) is 36.2 Å². The fourth-order valence-corrected chi connectivity index (χ4v) is 3.09. The third-order valence-electron chi connectivity index (χ3n) is 3.61. The van der Waals surface area contributed by atoms with Crippen LogP contribution in [0.4, 0.5) is 5.69 Å². The SMILES string of the molecule is Cn1ccnc1Sc1ccc(NC(=O)CCc2ccccc2)cc1. The number of aryl methyl sites for hydroxylation is 2. The Morgan fingerprint density at radius 3 is 2.54 bits per heavy atom. The number of carbonyl (C=O) groups is 1. The van der Waals surface area contributed by atoms with Crippen molar-refractivity contribution in [3.05, 3.63) is 72.6 Å². The lowest BCUT2D eigenvalue weighted by Crippen LogP contribution is -2.12. The number of nitrogens with one attached hydrogen (secondary N) is 1. The molecule has 1 N–H and O–H groups in total. The molecule has 2 aromatic carbocycles. The molecule has 3 rings (SSSR count). The minimum atomic E-state index is 0.0309. The highest BCUT2D eigenvalue weighted by atomic mass is 32.2. The van der Waals surface area contributed by atoms with Crippen LogP contribution in [-0.4, -0.2) is 15.5 Å². The van der Waals surface area contributed by atoms with Crippen LogP contribution in [0.5, 0.6) is 0 Å². The molecule has 0 bridgehead atoms. The van der Waals surface area contributed by atoms with Gasteiger partial charge in [0.15, 0.2) is 5.16 Å². The monoisotopic (exact) mass is 337 g/mol. The summed E-state index contributed by atoms with van der Waals surface area (Å²) in [6, 6.07) is 17.9. The Morgan fingerprint density at radius 2 is 1.88 bits per heavy atom. The first kappa shape index (κ1) is 16.3. The summed E-state index contributed by atoms with van der Waals surface area (Å²) in [5.74, 6) is 0.0309. The lowest BCUT2D eigenvalue weighted by molar-refractivity contribution is -0.116. The Kier molecular flexibility index (Phi) is 5.33. The first-order chi connectivity index (χ1) is 11.7. The molecule has 0 spiro atoms. The van der Waals surface area contributed by atoms with E-state index in [1.54, 1.807) is 18.0 Å². The Morgan fingerprint density at radius 1 is 1.12 bits per heavy atom. The summed E-state index contributed by atoms with van der Waals surface area (Å²) in [4.78, 5) is 17.4. The summed E-state index contributed by atoms with van der Waals surface area (Å²) >= 11 is 1.60. The van der Waals surface area contributed by atoms with Gasteiger partial charge in [-0.1, -0.05) is 42.1 Å². The summed E-state index contributed by atoms with van der Waals surface area (Å²) in [6.07, 6.45) is 4.93. The molecule has 4 nitrogen and oxygen atoms in total. The lowest BCUT2D eigenvalue weighted by atomic mass is 10.1. The van der Waals surface area contributed by atoms with E-state index in [0.29, 0.717) is 6.42 Å². The molecule has 1 aromatic heterocycles. The number of rotatable bonds is 6. The number of anilines is 1. The van der Waals surface area contributed by atoms with Gasteiger partial charge in [-0.3, -0.25) is 4.79 Å². The molecule has 5 heteroatoms. The van der Waals surface area contributed by atoms with Crippen molar-refractivity contribution < 1.29 is 4.79 Å². The molecule has 1 heterocycles. The van der Waals surface area contributed by atoms with Crippen LogP contribution in [-0.2, 0) is 18.3 Å². The van der Waals surface area contributed by atoms with Crippen molar-refractivity contribution in [1.29, 1.82) is 0 Å². The van der Waals surface area contributed by atoms with Crippen LogP contribution >= 0.6 is 11.8 Å². The fourth-order valence-electron chi connectivity index (χ4n) is 2.29. The number of amides is 1. The smallest absolute Gasteiger partial charge is 0.224 e. The number of benzene rings is 2. The highest BCUT2D eigenvalue weighted by molar-refractivity contribution is 7.99. The first-order valence-electron chi connectivity index (χ1n) is 7.80. The number of aromatic nitrogens is 2. The molecule has 1 amide bonds. The van der Waals surface area contributed by atoms with Gasteiger partial charge < -0.3 is 9.88 Å². The zero-order chi connectivity index (χ0) is 16.8. The van der Waals surface area contributed by atoms with Crippen LogP contribution in [0.2, 0.25) is 0 Å². The number of nitrogens with zero attached hydrogens (tertiary/aromatic N) is 2. The van der Waals surface area contributed by atoms with Gasteiger partial charge in [0, 0.05) is 36.4 Å². The Balaban J connectivity index is 1.52. The maximum Gasteiger partial charge on any atom is 0.224 e. The molecule has 3 aromatic rings. The van der Waals surface area contributed by atoms with Crippen LogP contribution in [0.3, 0.4) is 0 Å². The lowest BCUT2D eigenvalue weighted by Gasteiger charge is -2.07. The molecule has 0 radical (unpaired) electrons. The predicted molar refractivity (Wildman–Crippen MR) is 97.2 cm³/mol. The number of carbonyl (C=O) groups excluding carboxylic acids is 1. The molecule has 0 unspecified atom stereocenters. The number of hydrogen-bond donors (Lipinski definition) is 1. The summed E-state index contributed by atoms with van der Waals surface area (Å²) in [7, 11) is 1.97. The second kappa shape index (κ2) is 7.84. The highest BCUT2D eigenvalue weighted by Gasteiger charge is 2.05. The first-order valence-corrected chi connectivity index (χ1v) is 8.61. The third-order valence-corrected chi connectivity index (χ3v) is 4.69. The predicted octanol–water partition coefficient (Wildman–Crippen LogP) is 4.14. The quantitative estimate of drug-likeness (QED) is 0.735. The van der Waals surface area contributed by atoms with Crippen molar-refractivity contribution in [2.24, 2.45) is 7.05 Å². The van der Waals surface area contributed by atoms with Crippen molar-refractivity contribution in [3.8, 4) is 0 Å². The van der Waals surface area contributed by atoms with Gasteiger partial charge in [0.2, 0.25) is 5.91 Å². The van der Waals surface area contributed by atoms with Gasteiger partial charge in [-0.15, -0.1) is 0 Å². The van der Waals surface area contributed by atoms with Gasteiger partial charge in [-0.2, -0.15) is 0 Å². The second-order valence-electron chi connectivity index (χ2n) is 5.48. The van der Waals surface area contributed by atoms with Crippen molar-refractivity contribution in [2.75, 3.05) is 5.32 Å². The largest absolute Gasteiger partial charge is 0.329 e. The molecule has 0 fully saturated rings. The summed E-state index contributed by atoms with van der Waals surface area (Å²) in [5.41, 5.74) is 1.99. The third kappa shape index (κ3) is 4.49. The molecule has 0 atom stereocenters.